The number of rotatable bonds is 7. The van der Waals surface area contributed by atoms with Crippen LogP contribution in [0.2, 0.25) is 0 Å². The van der Waals surface area contributed by atoms with E-state index in [0.717, 1.165) is 12.8 Å². The third-order valence-corrected chi connectivity index (χ3v) is 7.79. The fourth-order valence-electron chi connectivity index (χ4n) is 4.93. The third-order valence-electron chi connectivity index (χ3n) is 6.70. The Balaban J connectivity index is 1.24. The van der Waals surface area contributed by atoms with E-state index in [1.807, 2.05) is 30.3 Å². The van der Waals surface area contributed by atoms with Crippen LogP contribution in [0.15, 0.2) is 73.6 Å². The van der Waals surface area contributed by atoms with Gasteiger partial charge in [0.1, 0.15) is 15.5 Å². The van der Waals surface area contributed by atoms with Crippen molar-refractivity contribution in [3.8, 4) is 11.6 Å². The van der Waals surface area contributed by atoms with Gasteiger partial charge in [-0.1, -0.05) is 24.8 Å². The molecule has 0 radical (unpaired) electrons. The zero-order chi connectivity index (χ0) is 26.9. The van der Waals surface area contributed by atoms with Gasteiger partial charge in [-0.25, -0.2) is 14.8 Å². The van der Waals surface area contributed by atoms with E-state index in [4.69, 9.17) is 4.74 Å². The Morgan fingerprint density at radius 3 is 2.62 bits per heavy atom. The highest BCUT2D eigenvalue weighted by Crippen LogP contribution is 2.45. The second-order valence-corrected chi connectivity index (χ2v) is 10.2. The number of aromatic nitrogens is 2. The van der Waals surface area contributed by atoms with Gasteiger partial charge < -0.3 is 20.7 Å². The number of hydrogen-bond donors (Lipinski definition) is 3. The van der Waals surface area contributed by atoms with Gasteiger partial charge >= 0.3 is 6.03 Å². The molecule has 1 fully saturated rings. The molecule has 6 rings (SSSR count). The summed E-state index contributed by atoms with van der Waals surface area (Å²) in [5.41, 5.74) is 1.60. The Kier molecular flexibility index (Phi) is 6.41. The van der Waals surface area contributed by atoms with Crippen molar-refractivity contribution in [2.24, 2.45) is 0 Å². The molecule has 3 N–H and O–H groups in total. The monoisotopic (exact) mass is 540 g/mol. The highest BCUT2D eigenvalue weighted by atomic mass is 32.1. The zero-order valence-corrected chi connectivity index (χ0v) is 21.5. The first kappa shape index (κ1) is 24.6. The summed E-state index contributed by atoms with van der Waals surface area (Å²) in [5.74, 6) is 0.557. The van der Waals surface area contributed by atoms with Crippen LogP contribution in [-0.4, -0.2) is 39.9 Å². The molecule has 39 heavy (non-hydrogen) atoms. The van der Waals surface area contributed by atoms with Crippen molar-refractivity contribution in [3.05, 3.63) is 78.5 Å². The van der Waals surface area contributed by atoms with Crippen LogP contribution in [0.4, 0.5) is 21.9 Å². The minimum atomic E-state index is -0.408. The largest absolute Gasteiger partial charge is 0.439 e. The lowest BCUT2D eigenvalue weighted by atomic mass is 10.1. The average molecular weight is 541 g/mol. The highest BCUT2D eigenvalue weighted by molar-refractivity contribution is 7.21. The van der Waals surface area contributed by atoms with Crippen molar-refractivity contribution in [1.82, 2.24) is 20.6 Å². The number of para-hydroxylation sites is 1. The molecule has 196 valence electrons. The van der Waals surface area contributed by atoms with Gasteiger partial charge in [0.25, 0.3) is 5.91 Å². The third kappa shape index (κ3) is 4.79. The van der Waals surface area contributed by atoms with E-state index in [9.17, 15) is 14.4 Å². The molecule has 4 aromatic rings. The summed E-state index contributed by atoms with van der Waals surface area (Å²) in [6, 6.07) is 14.0. The lowest BCUT2D eigenvalue weighted by Crippen LogP contribution is -2.37. The predicted molar refractivity (Wildman–Crippen MR) is 149 cm³/mol. The fourth-order valence-corrected chi connectivity index (χ4v) is 5.95. The smallest absolute Gasteiger partial charge is 0.331 e. The van der Waals surface area contributed by atoms with Crippen LogP contribution < -0.4 is 25.6 Å². The molecule has 0 spiro atoms. The Morgan fingerprint density at radius 1 is 1.08 bits per heavy atom. The van der Waals surface area contributed by atoms with Gasteiger partial charge in [0.05, 0.1) is 28.6 Å². The van der Waals surface area contributed by atoms with Crippen LogP contribution in [0, 0.1) is 0 Å². The maximum absolute atomic E-state index is 13.3. The van der Waals surface area contributed by atoms with Gasteiger partial charge in [0.2, 0.25) is 11.8 Å². The van der Waals surface area contributed by atoms with Crippen molar-refractivity contribution >= 4 is 56.5 Å². The van der Waals surface area contributed by atoms with E-state index in [2.05, 4.69) is 32.5 Å². The van der Waals surface area contributed by atoms with E-state index >= 15 is 0 Å². The number of thiophene rings is 1. The molecule has 1 aliphatic heterocycles. The number of nitrogens with one attached hydrogen (secondary N) is 3. The average Bonchev–Trinajstić information content (AvgIpc) is 3.55. The number of carbonyl (C=O) groups excluding carboxylic acids is 3. The summed E-state index contributed by atoms with van der Waals surface area (Å²) in [5, 5.41) is 9.53. The van der Waals surface area contributed by atoms with Gasteiger partial charge in [-0.15, -0.1) is 11.3 Å². The first-order valence-electron chi connectivity index (χ1n) is 12.5. The number of amides is 4. The molecule has 3 aromatic heterocycles. The van der Waals surface area contributed by atoms with Gasteiger partial charge in [-0.05, 0) is 49.6 Å². The van der Waals surface area contributed by atoms with E-state index in [-0.39, 0.29) is 23.9 Å². The van der Waals surface area contributed by atoms with Gasteiger partial charge in [0.15, 0.2) is 0 Å². The number of pyridine rings is 2. The summed E-state index contributed by atoms with van der Waals surface area (Å²) in [4.78, 5) is 49.6. The minimum Gasteiger partial charge on any atom is -0.439 e. The van der Waals surface area contributed by atoms with Crippen molar-refractivity contribution in [2.75, 3.05) is 10.2 Å². The summed E-state index contributed by atoms with van der Waals surface area (Å²) in [6.07, 6.45) is 6.57. The SMILES string of the molecule is C=CC(=O)NC1CC[C@@H](NC(=O)c2sc3nccc4c3c2NC(=O)N4c2ccc(Oc3ccccc3)nc2)C1. The van der Waals surface area contributed by atoms with E-state index in [1.165, 1.54) is 22.3 Å². The highest BCUT2D eigenvalue weighted by Gasteiger charge is 2.34. The maximum atomic E-state index is 13.3. The number of ether oxygens (including phenoxy) is 1. The molecule has 1 saturated carbocycles. The van der Waals surface area contributed by atoms with Crippen LogP contribution in [0.3, 0.4) is 0 Å². The molecule has 2 atom stereocenters. The Hall–Kier alpha value is -4.77. The van der Waals surface area contributed by atoms with E-state index < -0.39 is 6.03 Å². The van der Waals surface area contributed by atoms with Crippen LogP contribution in [0.25, 0.3) is 10.2 Å². The fraction of sp³-hybridized carbons (Fsp3) is 0.179. The van der Waals surface area contributed by atoms with Crippen molar-refractivity contribution in [1.29, 1.82) is 0 Å². The molecular weight excluding hydrogens is 516 g/mol. The molecule has 1 aliphatic carbocycles. The topological polar surface area (TPSA) is 126 Å². The number of benzene rings is 1. The summed E-state index contributed by atoms with van der Waals surface area (Å²) < 4.78 is 5.77. The summed E-state index contributed by atoms with van der Waals surface area (Å²) >= 11 is 1.23. The number of nitrogens with zero attached hydrogens (tertiary/aromatic N) is 3. The lowest BCUT2D eigenvalue weighted by molar-refractivity contribution is -0.117. The maximum Gasteiger partial charge on any atom is 0.331 e. The van der Waals surface area contributed by atoms with Crippen LogP contribution in [0.5, 0.6) is 11.6 Å². The number of urea groups is 1. The molecule has 2 aliphatic rings. The molecule has 0 saturated heterocycles. The van der Waals surface area contributed by atoms with E-state index in [1.54, 1.807) is 30.6 Å². The number of carbonyl (C=O) groups is 3. The van der Waals surface area contributed by atoms with Crippen LogP contribution in [0.1, 0.15) is 28.9 Å². The normalized spacial score (nSPS) is 17.9. The second-order valence-electron chi connectivity index (χ2n) is 9.24. The van der Waals surface area contributed by atoms with Gasteiger partial charge in [0, 0.05) is 24.3 Å². The molecule has 1 unspecified atom stereocenters. The molecule has 1 aromatic carbocycles. The predicted octanol–water partition coefficient (Wildman–Crippen LogP) is 5.12. The minimum absolute atomic E-state index is 0.0128. The first-order valence-corrected chi connectivity index (χ1v) is 13.3. The molecule has 4 heterocycles. The van der Waals surface area contributed by atoms with Crippen molar-refractivity contribution in [2.45, 2.75) is 31.3 Å². The lowest BCUT2D eigenvalue weighted by Gasteiger charge is -2.28. The molecular formula is C28H24N6O4S. The quantitative estimate of drug-likeness (QED) is 0.280. The Labute approximate surface area is 227 Å². The number of hydrogen-bond acceptors (Lipinski definition) is 7. The Morgan fingerprint density at radius 2 is 1.87 bits per heavy atom. The second kappa shape index (κ2) is 10.2. The van der Waals surface area contributed by atoms with Crippen molar-refractivity contribution < 1.29 is 19.1 Å². The van der Waals surface area contributed by atoms with Crippen LogP contribution in [-0.2, 0) is 4.79 Å². The van der Waals surface area contributed by atoms with Gasteiger partial charge in [-0.3, -0.25) is 14.5 Å². The van der Waals surface area contributed by atoms with E-state index in [0.29, 0.717) is 50.2 Å². The summed E-state index contributed by atoms with van der Waals surface area (Å²) in [6.45, 7) is 3.48. The van der Waals surface area contributed by atoms with Gasteiger partial charge in [-0.2, -0.15) is 0 Å². The summed E-state index contributed by atoms with van der Waals surface area (Å²) in [7, 11) is 0. The number of anilines is 3. The molecule has 0 bridgehead atoms. The molecule has 4 amide bonds. The Bertz CT molecular complexity index is 1590. The first-order chi connectivity index (χ1) is 19.0. The zero-order valence-electron chi connectivity index (χ0n) is 20.7. The van der Waals surface area contributed by atoms with Crippen LogP contribution >= 0.6 is 11.3 Å². The van der Waals surface area contributed by atoms with Crippen molar-refractivity contribution in [3.63, 3.8) is 0 Å². The standard InChI is InChI=1S/C28H24N6O4S/c1-2-21(35)31-16-8-9-17(14-16)32-26(36)25-24-23-20(12-13-29-27(23)39-25)34(28(37)33-24)18-10-11-22(30-15-18)38-19-6-4-3-5-7-19/h2-7,10-13,15-17H,1,8-9,14H2,(H,31,35)(H,32,36)(H,33,37)/t16?,17-/m1/s1. The molecule has 11 heteroatoms. The molecule has 10 nitrogen and oxygen atoms in total.